The number of hydrogen-bond donors (Lipinski definition) is 2. The van der Waals surface area contributed by atoms with E-state index in [1.165, 1.54) is 12.1 Å². The summed E-state index contributed by atoms with van der Waals surface area (Å²) in [5.74, 6) is 0.122. The molecule has 1 saturated heterocycles. The van der Waals surface area contributed by atoms with Crippen molar-refractivity contribution >= 4 is 5.78 Å². The first kappa shape index (κ1) is 10.1. The van der Waals surface area contributed by atoms with Crippen LogP contribution in [0.1, 0.15) is 10.4 Å². The molecule has 1 unspecified atom stereocenters. The number of nitrogens with one attached hydrogen (secondary N) is 1. The van der Waals surface area contributed by atoms with Gasteiger partial charge < -0.3 is 15.2 Å². The van der Waals surface area contributed by atoms with Crippen LogP contribution in [0, 0.1) is 0 Å². The largest absolute Gasteiger partial charge is 0.508 e. The van der Waals surface area contributed by atoms with Gasteiger partial charge in [0.15, 0.2) is 5.78 Å². The molecule has 1 atom stereocenters. The van der Waals surface area contributed by atoms with E-state index in [2.05, 4.69) is 5.32 Å². The van der Waals surface area contributed by atoms with Crippen LogP contribution < -0.4 is 5.32 Å². The summed E-state index contributed by atoms with van der Waals surface area (Å²) >= 11 is 0. The third-order valence-corrected chi connectivity index (χ3v) is 2.37. The van der Waals surface area contributed by atoms with Gasteiger partial charge in [-0.15, -0.1) is 0 Å². The van der Waals surface area contributed by atoms with E-state index in [0.717, 1.165) is 6.54 Å². The number of carbonyl (C=O) groups excluding carboxylic acids is 1. The monoisotopic (exact) mass is 207 g/mol. The smallest absolute Gasteiger partial charge is 0.192 e. The third kappa shape index (κ3) is 2.34. The summed E-state index contributed by atoms with van der Waals surface area (Å²) in [6.45, 7) is 1.91. The molecule has 0 bridgehead atoms. The Morgan fingerprint density at radius 2 is 2.13 bits per heavy atom. The minimum Gasteiger partial charge on any atom is -0.508 e. The van der Waals surface area contributed by atoms with Crippen LogP contribution in [0.25, 0.3) is 0 Å². The standard InChI is InChI=1S/C11H13NO3/c13-9-3-1-8(2-4-9)11(14)10-7-12-5-6-15-10/h1-4,10,12-13H,5-7H2. The second kappa shape index (κ2) is 4.42. The van der Waals surface area contributed by atoms with Crippen molar-refractivity contribution in [3.05, 3.63) is 29.8 Å². The number of hydrogen-bond acceptors (Lipinski definition) is 4. The van der Waals surface area contributed by atoms with Crippen molar-refractivity contribution in [2.45, 2.75) is 6.10 Å². The van der Waals surface area contributed by atoms with Gasteiger partial charge in [0.2, 0.25) is 0 Å². The van der Waals surface area contributed by atoms with Crippen LogP contribution in [-0.2, 0) is 4.74 Å². The highest BCUT2D eigenvalue weighted by molar-refractivity contribution is 5.99. The van der Waals surface area contributed by atoms with Gasteiger partial charge in [-0.2, -0.15) is 0 Å². The van der Waals surface area contributed by atoms with Crippen molar-refractivity contribution in [1.29, 1.82) is 0 Å². The summed E-state index contributed by atoms with van der Waals surface area (Å²) < 4.78 is 5.35. The zero-order valence-electron chi connectivity index (χ0n) is 8.27. The lowest BCUT2D eigenvalue weighted by Gasteiger charge is -2.22. The molecular weight excluding hydrogens is 194 g/mol. The predicted octanol–water partition coefficient (Wildman–Crippen LogP) is 0.563. The Balaban J connectivity index is 2.09. The van der Waals surface area contributed by atoms with Crippen LogP contribution in [-0.4, -0.2) is 36.7 Å². The maximum absolute atomic E-state index is 11.9. The Kier molecular flexibility index (Phi) is 2.99. The first-order chi connectivity index (χ1) is 7.27. The van der Waals surface area contributed by atoms with E-state index < -0.39 is 6.10 Å². The average Bonchev–Trinajstić information content (AvgIpc) is 2.30. The highest BCUT2D eigenvalue weighted by Gasteiger charge is 2.22. The molecule has 4 nitrogen and oxygen atoms in total. The molecule has 1 heterocycles. The Hall–Kier alpha value is -1.39. The molecule has 0 amide bonds. The number of ether oxygens (including phenoxy) is 1. The number of benzene rings is 1. The van der Waals surface area contributed by atoms with E-state index in [4.69, 9.17) is 9.84 Å². The number of aromatic hydroxyl groups is 1. The van der Waals surface area contributed by atoms with Crippen molar-refractivity contribution < 1.29 is 14.6 Å². The number of morpholine rings is 1. The number of phenols is 1. The molecule has 0 saturated carbocycles. The quantitative estimate of drug-likeness (QED) is 0.696. The number of ketones is 1. The molecule has 2 N–H and O–H groups in total. The molecule has 0 radical (unpaired) electrons. The molecule has 4 heteroatoms. The molecule has 1 fully saturated rings. The predicted molar refractivity (Wildman–Crippen MR) is 55.0 cm³/mol. The number of phenolic OH excluding ortho intramolecular Hbond substituents is 1. The molecule has 80 valence electrons. The van der Waals surface area contributed by atoms with Crippen molar-refractivity contribution in [2.24, 2.45) is 0 Å². The fourth-order valence-electron chi connectivity index (χ4n) is 1.55. The zero-order chi connectivity index (χ0) is 10.7. The highest BCUT2D eigenvalue weighted by Crippen LogP contribution is 2.13. The third-order valence-electron chi connectivity index (χ3n) is 2.37. The molecular formula is C11H13NO3. The van der Waals surface area contributed by atoms with Crippen molar-refractivity contribution in [1.82, 2.24) is 5.32 Å². The first-order valence-corrected chi connectivity index (χ1v) is 4.93. The normalized spacial score (nSPS) is 21.2. The van der Waals surface area contributed by atoms with E-state index in [0.29, 0.717) is 18.7 Å². The SMILES string of the molecule is O=C(c1ccc(O)cc1)C1CNCCO1. The summed E-state index contributed by atoms with van der Waals surface area (Å²) in [7, 11) is 0. The van der Waals surface area contributed by atoms with Crippen LogP contribution in [0.15, 0.2) is 24.3 Å². The van der Waals surface area contributed by atoms with Gasteiger partial charge in [0, 0.05) is 18.7 Å². The Labute approximate surface area is 87.9 Å². The molecule has 1 aromatic carbocycles. The first-order valence-electron chi connectivity index (χ1n) is 4.93. The fourth-order valence-corrected chi connectivity index (χ4v) is 1.55. The lowest BCUT2D eigenvalue weighted by atomic mass is 10.1. The molecule has 2 rings (SSSR count). The van der Waals surface area contributed by atoms with Crippen LogP contribution >= 0.6 is 0 Å². The topological polar surface area (TPSA) is 58.6 Å². The van der Waals surface area contributed by atoms with Gasteiger partial charge in [-0.3, -0.25) is 4.79 Å². The van der Waals surface area contributed by atoms with Crippen molar-refractivity contribution in [3.8, 4) is 5.75 Å². The summed E-state index contributed by atoms with van der Waals surface area (Å²) in [4.78, 5) is 11.9. The van der Waals surface area contributed by atoms with Gasteiger partial charge in [-0.25, -0.2) is 0 Å². The summed E-state index contributed by atoms with van der Waals surface area (Å²) in [5, 5.41) is 12.2. The lowest BCUT2D eigenvalue weighted by Crippen LogP contribution is -2.43. The molecule has 0 spiro atoms. The highest BCUT2D eigenvalue weighted by atomic mass is 16.5. The summed E-state index contributed by atoms with van der Waals surface area (Å²) in [6, 6.07) is 6.22. The van der Waals surface area contributed by atoms with Gasteiger partial charge >= 0.3 is 0 Å². The second-order valence-electron chi connectivity index (χ2n) is 3.47. The van der Waals surface area contributed by atoms with Gasteiger partial charge in [0.1, 0.15) is 11.9 Å². The van der Waals surface area contributed by atoms with E-state index in [1.54, 1.807) is 12.1 Å². The van der Waals surface area contributed by atoms with Gasteiger partial charge in [0.05, 0.1) is 6.61 Å². The van der Waals surface area contributed by atoms with Crippen molar-refractivity contribution in [3.63, 3.8) is 0 Å². The van der Waals surface area contributed by atoms with Crippen LogP contribution in [0.2, 0.25) is 0 Å². The van der Waals surface area contributed by atoms with Crippen LogP contribution in [0.4, 0.5) is 0 Å². The van der Waals surface area contributed by atoms with Gasteiger partial charge in [-0.1, -0.05) is 0 Å². The lowest BCUT2D eigenvalue weighted by molar-refractivity contribution is 0.0269. The molecule has 0 aliphatic carbocycles. The molecule has 1 aromatic rings. The Bertz CT molecular complexity index is 341. The summed E-state index contributed by atoms with van der Waals surface area (Å²) in [5.41, 5.74) is 0.571. The van der Waals surface area contributed by atoms with E-state index in [-0.39, 0.29) is 11.5 Å². The van der Waals surface area contributed by atoms with Gasteiger partial charge in [-0.05, 0) is 24.3 Å². The maximum Gasteiger partial charge on any atom is 0.192 e. The molecule has 1 aliphatic rings. The van der Waals surface area contributed by atoms with Crippen LogP contribution in [0.3, 0.4) is 0 Å². The minimum atomic E-state index is -0.400. The van der Waals surface area contributed by atoms with Crippen molar-refractivity contribution in [2.75, 3.05) is 19.7 Å². The van der Waals surface area contributed by atoms with E-state index >= 15 is 0 Å². The molecule has 15 heavy (non-hydrogen) atoms. The average molecular weight is 207 g/mol. The Morgan fingerprint density at radius 3 is 2.73 bits per heavy atom. The van der Waals surface area contributed by atoms with Gasteiger partial charge in [0.25, 0.3) is 0 Å². The second-order valence-corrected chi connectivity index (χ2v) is 3.47. The number of carbonyl (C=O) groups is 1. The number of Topliss-reactive ketones (excluding diaryl/α,β-unsaturated/α-hetero) is 1. The molecule has 1 aliphatic heterocycles. The zero-order valence-corrected chi connectivity index (χ0v) is 8.27. The summed E-state index contributed by atoms with van der Waals surface area (Å²) in [6.07, 6.45) is -0.400. The van der Waals surface area contributed by atoms with Crippen LogP contribution in [0.5, 0.6) is 5.75 Å². The van der Waals surface area contributed by atoms with E-state index in [1.807, 2.05) is 0 Å². The maximum atomic E-state index is 11.9. The minimum absolute atomic E-state index is 0.0396. The fraction of sp³-hybridized carbons (Fsp3) is 0.364. The number of rotatable bonds is 2. The Morgan fingerprint density at radius 1 is 1.40 bits per heavy atom. The van der Waals surface area contributed by atoms with E-state index in [9.17, 15) is 4.79 Å². The molecule has 0 aromatic heterocycles.